The Morgan fingerprint density at radius 1 is 1.45 bits per heavy atom. The van der Waals surface area contributed by atoms with Crippen LogP contribution in [0.15, 0.2) is 18.2 Å². The van der Waals surface area contributed by atoms with Gasteiger partial charge in [-0.2, -0.15) is 0 Å². The number of hydrogen-bond donors (Lipinski definition) is 0. The molecule has 0 saturated heterocycles. The number of esters is 1. The van der Waals surface area contributed by atoms with Gasteiger partial charge in [-0.3, -0.25) is 9.69 Å². The number of halogens is 2. The molecule has 1 aromatic rings. The summed E-state index contributed by atoms with van der Waals surface area (Å²) in [6.45, 7) is 0.777. The zero-order chi connectivity index (χ0) is 14.5. The van der Waals surface area contributed by atoms with Crippen molar-refractivity contribution in [1.29, 1.82) is 0 Å². The molecular formula is C15H19ClFNO2. The van der Waals surface area contributed by atoms with Crippen LogP contribution in [0.1, 0.15) is 31.2 Å². The van der Waals surface area contributed by atoms with Crippen molar-refractivity contribution in [3.8, 4) is 0 Å². The molecule has 1 aliphatic carbocycles. The van der Waals surface area contributed by atoms with Crippen molar-refractivity contribution in [3.05, 3.63) is 34.6 Å². The van der Waals surface area contributed by atoms with Gasteiger partial charge in [0.25, 0.3) is 0 Å². The molecule has 20 heavy (non-hydrogen) atoms. The van der Waals surface area contributed by atoms with Crippen LogP contribution in [0, 0.1) is 5.82 Å². The van der Waals surface area contributed by atoms with E-state index in [1.165, 1.54) is 26.0 Å². The van der Waals surface area contributed by atoms with E-state index in [-0.39, 0.29) is 17.5 Å². The molecule has 0 N–H and O–H groups in total. The van der Waals surface area contributed by atoms with Gasteiger partial charge in [0.1, 0.15) is 5.82 Å². The molecule has 0 atom stereocenters. The fourth-order valence-electron chi connectivity index (χ4n) is 2.69. The molecule has 0 aliphatic heterocycles. The quantitative estimate of drug-likeness (QED) is 0.781. The number of nitrogens with zero attached hydrogens (tertiary/aromatic N) is 1. The average Bonchev–Trinajstić information content (AvgIpc) is 2.96. The molecule has 110 valence electrons. The van der Waals surface area contributed by atoms with Crippen LogP contribution >= 0.6 is 11.6 Å². The van der Waals surface area contributed by atoms with Crippen molar-refractivity contribution >= 4 is 17.6 Å². The summed E-state index contributed by atoms with van der Waals surface area (Å²) in [5.74, 6) is -0.681. The Bertz CT molecular complexity index is 475. The highest BCUT2D eigenvalue weighted by Crippen LogP contribution is 2.25. The second-order valence-corrected chi connectivity index (χ2v) is 5.58. The van der Waals surface area contributed by atoms with E-state index in [0.717, 1.165) is 18.4 Å². The second kappa shape index (κ2) is 7.04. The van der Waals surface area contributed by atoms with Crippen molar-refractivity contribution in [2.75, 3.05) is 13.7 Å². The maximum atomic E-state index is 13.5. The standard InChI is InChI=1S/C15H19ClFNO2/c1-20-15(19)10-18(12-4-2-3-5-12)9-11-6-7-13(16)14(17)8-11/h6-8,12H,2-5,9-10H2,1H3. The van der Waals surface area contributed by atoms with Gasteiger partial charge in [0.05, 0.1) is 18.7 Å². The monoisotopic (exact) mass is 299 g/mol. The van der Waals surface area contributed by atoms with Gasteiger partial charge in [0, 0.05) is 12.6 Å². The van der Waals surface area contributed by atoms with Crippen molar-refractivity contribution < 1.29 is 13.9 Å². The highest BCUT2D eigenvalue weighted by atomic mass is 35.5. The Balaban J connectivity index is 2.09. The van der Waals surface area contributed by atoms with E-state index < -0.39 is 5.82 Å². The number of methoxy groups -OCH3 is 1. The third kappa shape index (κ3) is 3.93. The Hall–Kier alpha value is -1.13. The Kier molecular flexibility index (Phi) is 5.38. The third-order valence-corrected chi connectivity index (χ3v) is 4.08. The molecule has 0 bridgehead atoms. The first kappa shape index (κ1) is 15.3. The maximum Gasteiger partial charge on any atom is 0.319 e. The van der Waals surface area contributed by atoms with Crippen LogP contribution in [0.5, 0.6) is 0 Å². The van der Waals surface area contributed by atoms with E-state index >= 15 is 0 Å². The molecule has 5 heteroatoms. The minimum Gasteiger partial charge on any atom is -0.468 e. The van der Waals surface area contributed by atoms with Gasteiger partial charge in [0.15, 0.2) is 0 Å². The molecule has 0 spiro atoms. The van der Waals surface area contributed by atoms with Crippen LogP contribution in [0.4, 0.5) is 4.39 Å². The smallest absolute Gasteiger partial charge is 0.319 e. The topological polar surface area (TPSA) is 29.5 Å². The first-order valence-corrected chi connectivity index (χ1v) is 7.22. The average molecular weight is 300 g/mol. The minimum absolute atomic E-state index is 0.120. The van der Waals surface area contributed by atoms with Gasteiger partial charge in [-0.15, -0.1) is 0 Å². The summed E-state index contributed by atoms with van der Waals surface area (Å²) in [5, 5.41) is 0.120. The van der Waals surface area contributed by atoms with E-state index in [9.17, 15) is 9.18 Å². The predicted molar refractivity (Wildman–Crippen MR) is 76.1 cm³/mol. The number of rotatable bonds is 5. The fourth-order valence-corrected chi connectivity index (χ4v) is 2.80. The maximum absolute atomic E-state index is 13.5. The van der Waals surface area contributed by atoms with Crippen LogP contribution < -0.4 is 0 Å². The number of carbonyl (C=O) groups excluding carboxylic acids is 1. The summed E-state index contributed by atoms with van der Waals surface area (Å²) < 4.78 is 18.2. The second-order valence-electron chi connectivity index (χ2n) is 5.17. The number of hydrogen-bond acceptors (Lipinski definition) is 3. The van der Waals surface area contributed by atoms with Gasteiger partial charge >= 0.3 is 5.97 Å². The first-order chi connectivity index (χ1) is 9.60. The van der Waals surface area contributed by atoms with E-state index in [2.05, 4.69) is 4.90 Å². The van der Waals surface area contributed by atoms with Gasteiger partial charge in [-0.1, -0.05) is 30.5 Å². The largest absolute Gasteiger partial charge is 0.468 e. The zero-order valence-electron chi connectivity index (χ0n) is 11.6. The number of ether oxygens (including phenoxy) is 1. The molecule has 1 aromatic carbocycles. The number of benzene rings is 1. The van der Waals surface area contributed by atoms with Gasteiger partial charge < -0.3 is 4.74 Å². The van der Waals surface area contributed by atoms with E-state index in [1.807, 2.05) is 0 Å². The predicted octanol–water partition coefficient (Wildman–Crippen LogP) is 3.40. The lowest BCUT2D eigenvalue weighted by Crippen LogP contribution is -2.37. The fraction of sp³-hybridized carbons (Fsp3) is 0.533. The lowest BCUT2D eigenvalue weighted by atomic mass is 10.1. The zero-order valence-corrected chi connectivity index (χ0v) is 12.3. The molecule has 1 aliphatic rings. The van der Waals surface area contributed by atoms with Crippen LogP contribution in [0.3, 0.4) is 0 Å². The SMILES string of the molecule is COC(=O)CN(Cc1ccc(Cl)c(F)c1)C1CCCC1. The molecular weight excluding hydrogens is 281 g/mol. The highest BCUT2D eigenvalue weighted by Gasteiger charge is 2.24. The molecule has 1 fully saturated rings. The normalized spacial score (nSPS) is 15.8. The van der Waals surface area contributed by atoms with E-state index in [1.54, 1.807) is 12.1 Å². The Morgan fingerprint density at radius 3 is 2.75 bits per heavy atom. The number of carbonyl (C=O) groups is 1. The van der Waals surface area contributed by atoms with Crippen LogP contribution in [-0.4, -0.2) is 30.6 Å². The van der Waals surface area contributed by atoms with Crippen molar-refractivity contribution in [1.82, 2.24) is 4.90 Å². The molecule has 3 nitrogen and oxygen atoms in total. The third-order valence-electron chi connectivity index (χ3n) is 3.77. The molecule has 0 unspecified atom stereocenters. The van der Waals surface area contributed by atoms with Crippen molar-refractivity contribution in [3.63, 3.8) is 0 Å². The Labute approximate surface area is 123 Å². The molecule has 0 radical (unpaired) electrons. The highest BCUT2D eigenvalue weighted by molar-refractivity contribution is 6.30. The summed E-state index contributed by atoms with van der Waals surface area (Å²) in [6, 6.07) is 5.15. The summed E-state index contributed by atoms with van der Waals surface area (Å²) in [4.78, 5) is 13.6. The first-order valence-electron chi connectivity index (χ1n) is 6.85. The lowest BCUT2D eigenvalue weighted by molar-refractivity contribution is -0.142. The molecule has 0 heterocycles. The minimum atomic E-state index is -0.423. The summed E-state index contributed by atoms with van der Waals surface area (Å²) >= 11 is 5.69. The van der Waals surface area contributed by atoms with Crippen molar-refractivity contribution in [2.45, 2.75) is 38.3 Å². The summed E-state index contributed by atoms with van der Waals surface area (Å²) in [5.41, 5.74) is 0.822. The summed E-state index contributed by atoms with van der Waals surface area (Å²) in [7, 11) is 1.39. The molecule has 1 saturated carbocycles. The molecule has 0 amide bonds. The van der Waals surface area contributed by atoms with Crippen molar-refractivity contribution in [2.24, 2.45) is 0 Å². The van der Waals surface area contributed by atoms with E-state index in [4.69, 9.17) is 16.3 Å². The van der Waals surface area contributed by atoms with Crippen LogP contribution in [0.2, 0.25) is 5.02 Å². The summed E-state index contributed by atoms with van der Waals surface area (Å²) in [6.07, 6.45) is 4.51. The molecule has 2 rings (SSSR count). The van der Waals surface area contributed by atoms with Gasteiger partial charge in [-0.25, -0.2) is 4.39 Å². The molecule has 0 aromatic heterocycles. The Morgan fingerprint density at radius 2 is 2.15 bits per heavy atom. The van der Waals surface area contributed by atoms with Crippen LogP contribution in [0.25, 0.3) is 0 Å². The van der Waals surface area contributed by atoms with Gasteiger partial charge in [0.2, 0.25) is 0 Å². The lowest BCUT2D eigenvalue weighted by Gasteiger charge is -2.27. The van der Waals surface area contributed by atoms with Gasteiger partial charge in [-0.05, 0) is 30.5 Å². The van der Waals surface area contributed by atoms with Crippen LogP contribution in [-0.2, 0) is 16.1 Å². The van der Waals surface area contributed by atoms with E-state index in [0.29, 0.717) is 12.6 Å².